The minimum Gasteiger partial charge on any atom is -0.457 e. The van der Waals surface area contributed by atoms with Gasteiger partial charge in [0, 0.05) is 34.4 Å². The summed E-state index contributed by atoms with van der Waals surface area (Å²) >= 11 is 6.17. The third-order valence-electron chi connectivity index (χ3n) is 7.95. The number of allylic oxidation sites excluding steroid dienone is 2. The monoisotopic (exact) mass is 503 g/mol. The van der Waals surface area contributed by atoms with Gasteiger partial charge in [0.25, 0.3) is 11.8 Å². The van der Waals surface area contributed by atoms with E-state index < -0.39 is 0 Å². The lowest BCUT2D eigenvalue weighted by Crippen LogP contribution is -2.46. The summed E-state index contributed by atoms with van der Waals surface area (Å²) in [7, 11) is 2.10. The summed E-state index contributed by atoms with van der Waals surface area (Å²) in [6.07, 6.45) is 11.2. The molecule has 3 heterocycles. The number of anilines is 1. The molecule has 1 saturated carbocycles. The highest BCUT2D eigenvalue weighted by atomic mass is 35.5. The first-order valence-electron chi connectivity index (χ1n) is 12.8. The van der Waals surface area contributed by atoms with Gasteiger partial charge in [0.1, 0.15) is 11.5 Å². The van der Waals surface area contributed by atoms with E-state index in [9.17, 15) is 9.59 Å². The van der Waals surface area contributed by atoms with E-state index in [1.807, 2.05) is 18.2 Å². The Labute approximate surface area is 216 Å². The highest BCUT2D eigenvalue weighted by Gasteiger charge is 2.37. The van der Waals surface area contributed by atoms with Crippen LogP contribution in [0.25, 0.3) is 17.2 Å². The number of likely N-dealkylation sites (N-methyl/N-ethyl adjacent to an activating group) is 1. The van der Waals surface area contributed by atoms with Gasteiger partial charge in [-0.1, -0.05) is 17.7 Å². The number of piperidine rings is 1. The summed E-state index contributed by atoms with van der Waals surface area (Å²) in [4.78, 5) is 28.1. The molecule has 1 aromatic carbocycles. The van der Waals surface area contributed by atoms with E-state index in [-0.39, 0.29) is 17.9 Å². The Morgan fingerprint density at radius 3 is 2.92 bits per heavy atom. The van der Waals surface area contributed by atoms with Crippen molar-refractivity contribution in [1.29, 1.82) is 0 Å². The predicted octanol–water partition coefficient (Wildman–Crippen LogP) is 5.38. The number of fused-ring (bicyclic) bond motifs is 2. The summed E-state index contributed by atoms with van der Waals surface area (Å²) in [5.41, 5.74) is 3.85. The van der Waals surface area contributed by atoms with E-state index in [0.29, 0.717) is 28.2 Å². The van der Waals surface area contributed by atoms with E-state index >= 15 is 0 Å². The summed E-state index contributed by atoms with van der Waals surface area (Å²) in [5, 5.41) is 6.71. The second-order valence-electron chi connectivity index (χ2n) is 10.4. The maximum atomic E-state index is 13.2. The fraction of sp³-hybridized carbons (Fsp3) is 0.379. The molecular formula is C29H30ClN3O3. The van der Waals surface area contributed by atoms with E-state index in [0.717, 1.165) is 73.4 Å². The van der Waals surface area contributed by atoms with Crippen molar-refractivity contribution < 1.29 is 14.0 Å². The van der Waals surface area contributed by atoms with Crippen molar-refractivity contribution in [3.8, 4) is 0 Å². The molecule has 3 unspecified atom stereocenters. The Balaban J connectivity index is 1.27. The Bertz CT molecular complexity index is 1320. The molecule has 6 nitrogen and oxygen atoms in total. The van der Waals surface area contributed by atoms with Crippen LogP contribution in [0.5, 0.6) is 0 Å². The van der Waals surface area contributed by atoms with E-state index in [2.05, 4.69) is 28.7 Å². The molecule has 6 rings (SSSR count). The zero-order chi connectivity index (χ0) is 24.8. The Morgan fingerprint density at radius 2 is 2.11 bits per heavy atom. The first-order chi connectivity index (χ1) is 17.4. The second-order valence-corrected chi connectivity index (χ2v) is 10.9. The molecule has 2 aromatic rings. The van der Waals surface area contributed by atoms with Crippen LogP contribution in [-0.4, -0.2) is 42.9 Å². The molecule has 2 amide bonds. The van der Waals surface area contributed by atoms with Crippen molar-refractivity contribution in [2.75, 3.05) is 25.5 Å². The summed E-state index contributed by atoms with van der Waals surface area (Å²) < 4.78 is 6.26. The predicted molar refractivity (Wildman–Crippen MR) is 142 cm³/mol. The van der Waals surface area contributed by atoms with Crippen LogP contribution in [0.4, 0.5) is 5.69 Å². The topological polar surface area (TPSA) is 74.6 Å². The van der Waals surface area contributed by atoms with Crippen LogP contribution < -0.4 is 10.6 Å². The van der Waals surface area contributed by atoms with Gasteiger partial charge >= 0.3 is 0 Å². The van der Waals surface area contributed by atoms with Crippen molar-refractivity contribution in [2.45, 2.75) is 38.1 Å². The number of benzene rings is 1. The lowest BCUT2D eigenvalue weighted by atomic mass is 9.68. The zero-order valence-corrected chi connectivity index (χ0v) is 21.1. The van der Waals surface area contributed by atoms with Gasteiger partial charge < -0.3 is 20.0 Å². The van der Waals surface area contributed by atoms with Gasteiger partial charge in [-0.05, 0) is 106 Å². The Morgan fingerprint density at radius 1 is 1.22 bits per heavy atom. The number of hydrogen-bond donors (Lipinski definition) is 2. The van der Waals surface area contributed by atoms with Crippen LogP contribution in [0.2, 0.25) is 5.02 Å². The molecule has 2 aliphatic carbocycles. The number of furan rings is 1. The van der Waals surface area contributed by atoms with E-state index in [1.165, 1.54) is 0 Å². The molecule has 2 fully saturated rings. The highest BCUT2D eigenvalue weighted by molar-refractivity contribution is 6.36. The van der Waals surface area contributed by atoms with Gasteiger partial charge in [0.05, 0.1) is 5.57 Å². The number of halogens is 1. The van der Waals surface area contributed by atoms with Gasteiger partial charge in [0.2, 0.25) is 0 Å². The molecule has 4 aliphatic rings. The number of carbonyl (C=O) groups excluding carboxylic acids is 2. The molecule has 0 radical (unpaired) electrons. The molecule has 0 bridgehead atoms. The molecule has 2 N–H and O–H groups in total. The van der Waals surface area contributed by atoms with Crippen LogP contribution in [0, 0.1) is 11.8 Å². The maximum absolute atomic E-state index is 13.2. The number of rotatable bonds is 4. The van der Waals surface area contributed by atoms with Gasteiger partial charge in [-0.15, -0.1) is 0 Å². The minimum atomic E-state index is -0.173. The van der Waals surface area contributed by atoms with Crippen LogP contribution in [0.3, 0.4) is 0 Å². The maximum Gasteiger partial charge on any atom is 0.256 e. The van der Waals surface area contributed by atoms with E-state index in [1.54, 1.807) is 24.3 Å². The molecule has 7 heteroatoms. The van der Waals surface area contributed by atoms with Gasteiger partial charge in [-0.2, -0.15) is 0 Å². The number of nitrogens with zero attached hydrogens (tertiary/aromatic N) is 1. The molecule has 36 heavy (non-hydrogen) atoms. The summed E-state index contributed by atoms with van der Waals surface area (Å²) in [5.74, 6) is 2.10. The largest absolute Gasteiger partial charge is 0.457 e. The normalized spacial score (nSPS) is 26.8. The standard InChI is InChI=1S/C29H30ClN3O3/c1-33-12-2-3-20(16-33)31-28(34)18-5-4-17-6-9-22(17)24(13-18)27-11-8-21(36-27)15-25-23-14-19(30)7-10-26(23)32-29(25)35/h5,7-8,10-11,13-15,17,20,22H,2-4,6,9,12,16H2,1H3,(H,31,34)(H,32,35). The van der Waals surface area contributed by atoms with Crippen LogP contribution in [-0.2, 0) is 9.59 Å². The fourth-order valence-corrected chi connectivity index (χ4v) is 6.04. The van der Waals surface area contributed by atoms with Gasteiger partial charge in [0.15, 0.2) is 0 Å². The average Bonchev–Trinajstić information content (AvgIpc) is 3.38. The highest BCUT2D eigenvalue weighted by Crippen LogP contribution is 2.48. The number of hydrogen-bond acceptors (Lipinski definition) is 4. The Hall–Kier alpha value is -3.09. The summed E-state index contributed by atoms with van der Waals surface area (Å²) in [6, 6.07) is 9.38. The van der Waals surface area contributed by atoms with Crippen molar-refractivity contribution in [3.05, 3.63) is 70.2 Å². The third-order valence-corrected chi connectivity index (χ3v) is 8.19. The quantitative estimate of drug-likeness (QED) is 0.550. The average molecular weight is 504 g/mol. The number of likely N-dealkylation sites (tertiary alicyclic amines) is 1. The first kappa shape index (κ1) is 23.3. The molecule has 0 spiro atoms. The van der Waals surface area contributed by atoms with Crippen molar-refractivity contribution >= 4 is 46.3 Å². The lowest BCUT2D eigenvalue weighted by Gasteiger charge is -2.36. The molecular weight excluding hydrogens is 474 g/mol. The van der Waals surface area contributed by atoms with Gasteiger partial charge in [-0.3, -0.25) is 9.59 Å². The van der Waals surface area contributed by atoms with Crippen LogP contribution >= 0.6 is 11.6 Å². The third kappa shape index (κ3) is 4.44. The fourth-order valence-electron chi connectivity index (χ4n) is 5.87. The lowest BCUT2D eigenvalue weighted by molar-refractivity contribution is -0.118. The first-order valence-corrected chi connectivity index (χ1v) is 13.2. The smallest absolute Gasteiger partial charge is 0.256 e. The molecule has 3 atom stereocenters. The van der Waals surface area contributed by atoms with Crippen LogP contribution in [0.15, 0.2) is 52.5 Å². The molecule has 1 saturated heterocycles. The Kier molecular flexibility index (Phi) is 6.10. The van der Waals surface area contributed by atoms with E-state index in [4.69, 9.17) is 16.0 Å². The second kappa shape index (κ2) is 9.41. The summed E-state index contributed by atoms with van der Waals surface area (Å²) in [6.45, 7) is 1.97. The van der Waals surface area contributed by atoms with Crippen LogP contribution in [0.1, 0.15) is 49.2 Å². The number of amides is 2. The molecule has 1 aromatic heterocycles. The zero-order valence-electron chi connectivity index (χ0n) is 20.4. The van der Waals surface area contributed by atoms with Gasteiger partial charge in [-0.25, -0.2) is 0 Å². The number of nitrogens with one attached hydrogen (secondary N) is 2. The number of carbonyl (C=O) groups is 2. The van der Waals surface area contributed by atoms with Crippen molar-refractivity contribution in [3.63, 3.8) is 0 Å². The minimum absolute atomic E-state index is 0.000824. The molecule has 186 valence electrons. The SMILES string of the molecule is CN1CCCC(NC(=O)C2=CCC3CCC3C(c3ccc(C=C4C(=O)Nc5ccc(Cl)cc54)o3)=C2)C1. The molecule has 2 aliphatic heterocycles. The van der Waals surface area contributed by atoms with Crippen molar-refractivity contribution in [1.82, 2.24) is 10.2 Å². The van der Waals surface area contributed by atoms with Crippen molar-refractivity contribution in [2.24, 2.45) is 11.8 Å².